The molecule has 1 amide bonds. The minimum atomic E-state index is -0.425. The number of hydrazone groups is 1. The second-order valence-corrected chi connectivity index (χ2v) is 6.72. The van der Waals surface area contributed by atoms with E-state index >= 15 is 0 Å². The Labute approximate surface area is 177 Å². The van der Waals surface area contributed by atoms with E-state index in [1.165, 1.54) is 12.3 Å². The van der Waals surface area contributed by atoms with Crippen LogP contribution in [-0.2, 0) is 0 Å². The van der Waals surface area contributed by atoms with E-state index in [9.17, 15) is 14.9 Å². The summed E-state index contributed by atoms with van der Waals surface area (Å²) in [5, 5.41) is 15.1. The maximum atomic E-state index is 12.6. The molecule has 154 valence electrons. The van der Waals surface area contributed by atoms with Gasteiger partial charge in [-0.05, 0) is 43.3 Å². The van der Waals surface area contributed by atoms with Gasteiger partial charge in [0.15, 0.2) is 0 Å². The first kappa shape index (κ1) is 19.8. The van der Waals surface area contributed by atoms with Crippen molar-refractivity contribution in [3.8, 4) is 17.0 Å². The molecule has 0 aliphatic carbocycles. The second-order valence-electron chi connectivity index (χ2n) is 6.72. The fourth-order valence-corrected chi connectivity index (χ4v) is 3.26. The van der Waals surface area contributed by atoms with Crippen LogP contribution in [0.25, 0.3) is 17.0 Å². The Balaban J connectivity index is 1.50. The summed E-state index contributed by atoms with van der Waals surface area (Å²) in [6, 6.07) is 19.2. The summed E-state index contributed by atoms with van der Waals surface area (Å²) >= 11 is 0. The highest BCUT2D eigenvalue weighted by Crippen LogP contribution is 2.30. The monoisotopic (exact) mass is 414 g/mol. The Bertz CT molecular complexity index is 1270. The third kappa shape index (κ3) is 4.13. The van der Waals surface area contributed by atoms with Crippen molar-refractivity contribution in [1.82, 2.24) is 9.99 Å². The van der Waals surface area contributed by atoms with E-state index in [4.69, 9.17) is 4.42 Å². The molecule has 1 N–H and O–H groups in total. The number of amides is 1. The van der Waals surface area contributed by atoms with Crippen LogP contribution in [0.15, 0.2) is 88.6 Å². The molecule has 0 radical (unpaired) electrons. The van der Waals surface area contributed by atoms with Crippen LogP contribution in [0, 0.1) is 17.0 Å². The largest absolute Gasteiger partial charge is 0.455 e. The van der Waals surface area contributed by atoms with Crippen LogP contribution in [-0.4, -0.2) is 21.6 Å². The molecule has 8 heteroatoms. The topological polar surface area (TPSA) is 103 Å². The summed E-state index contributed by atoms with van der Waals surface area (Å²) in [5.74, 6) is 0.522. The van der Waals surface area contributed by atoms with Crippen LogP contribution < -0.4 is 5.43 Å². The number of rotatable bonds is 6. The zero-order valence-electron chi connectivity index (χ0n) is 16.6. The van der Waals surface area contributed by atoms with Gasteiger partial charge in [-0.2, -0.15) is 5.10 Å². The Morgan fingerprint density at radius 3 is 2.61 bits per heavy atom. The van der Waals surface area contributed by atoms with Crippen LogP contribution >= 0.6 is 0 Å². The molecule has 0 fully saturated rings. The average Bonchev–Trinajstić information content (AvgIpc) is 3.46. The van der Waals surface area contributed by atoms with Gasteiger partial charge in [-0.25, -0.2) is 5.43 Å². The molecule has 0 aliphatic rings. The molecule has 31 heavy (non-hydrogen) atoms. The molecule has 0 unspecified atom stereocenters. The number of aromatic nitrogens is 1. The van der Waals surface area contributed by atoms with Gasteiger partial charge in [0.1, 0.15) is 11.5 Å². The highest BCUT2D eigenvalue weighted by molar-refractivity contribution is 5.98. The van der Waals surface area contributed by atoms with Gasteiger partial charge >= 0.3 is 0 Å². The predicted octanol–water partition coefficient (Wildman–Crippen LogP) is 4.72. The van der Waals surface area contributed by atoms with Gasteiger partial charge in [0.25, 0.3) is 11.6 Å². The molecule has 2 heterocycles. The fourth-order valence-electron chi connectivity index (χ4n) is 3.26. The number of nitrogens with zero attached hydrogens (tertiary/aromatic N) is 3. The van der Waals surface area contributed by atoms with E-state index in [0.717, 1.165) is 5.69 Å². The molecule has 4 aromatic rings. The number of hydrogen-bond donors (Lipinski definition) is 1. The molecular weight excluding hydrogens is 396 g/mol. The van der Waals surface area contributed by atoms with E-state index in [1.807, 2.05) is 41.2 Å². The van der Waals surface area contributed by atoms with Crippen molar-refractivity contribution in [1.29, 1.82) is 0 Å². The number of nitro benzene ring substituents is 1. The van der Waals surface area contributed by atoms with Gasteiger partial charge in [-0.15, -0.1) is 0 Å². The number of benzene rings is 2. The van der Waals surface area contributed by atoms with Crippen molar-refractivity contribution in [2.75, 3.05) is 0 Å². The van der Waals surface area contributed by atoms with Gasteiger partial charge < -0.3 is 8.98 Å². The van der Waals surface area contributed by atoms with Crippen molar-refractivity contribution in [3.05, 3.63) is 106 Å². The van der Waals surface area contributed by atoms with Crippen LogP contribution in [0.5, 0.6) is 0 Å². The van der Waals surface area contributed by atoms with Gasteiger partial charge in [0.05, 0.1) is 22.4 Å². The Hall–Kier alpha value is -4.46. The first-order valence-electron chi connectivity index (χ1n) is 9.44. The normalized spacial score (nSPS) is 11.0. The van der Waals surface area contributed by atoms with Crippen LogP contribution in [0.3, 0.4) is 0 Å². The minimum absolute atomic E-state index is 0.0257. The summed E-state index contributed by atoms with van der Waals surface area (Å²) in [5.41, 5.74) is 4.88. The molecule has 0 saturated heterocycles. The number of carbonyl (C=O) groups is 1. The van der Waals surface area contributed by atoms with Gasteiger partial charge in [-0.1, -0.05) is 24.3 Å². The molecule has 2 aromatic heterocycles. The van der Waals surface area contributed by atoms with E-state index in [0.29, 0.717) is 28.2 Å². The molecule has 0 aliphatic heterocycles. The number of nitrogens with one attached hydrogen (secondary N) is 1. The Kier molecular flexibility index (Phi) is 5.44. The third-order valence-corrected chi connectivity index (χ3v) is 4.78. The Morgan fingerprint density at radius 1 is 1.06 bits per heavy atom. The summed E-state index contributed by atoms with van der Waals surface area (Å²) < 4.78 is 7.57. The van der Waals surface area contributed by atoms with Crippen molar-refractivity contribution < 1.29 is 14.1 Å². The number of carbonyl (C=O) groups excluding carboxylic acids is 1. The van der Waals surface area contributed by atoms with E-state index in [-0.39, 0.29) is 11.6 Å². The summed E-state index contributed by atoms with van der Waals surface area (Å²) in [4.78, 5) is 23.3. The summed E-state index contributed by atoms with van der Waals surface area (Å²) in [6.07, 6.45) is 5.09. The fraction of sp³-hybridized carbons (Fsp3) is 0.0435. The van der Waals surface area contributed by atoms with Crippen LogP contribution in [0.2, 0.25) is 0 Å². The maximum absolute atomic E-state index is 12.6. The number of nitro groups is 1. The molecule has 0 saturated carbocycles. The van der Waals surface area contributed by atoms with E-state index < -0.39 is 4.92 Å². The molecular formula is C23H18N4O4. The van der Waals surface area contributed by atoms with Gasteiger partial charge in [-0.3, -0.25) is 14.9 Å². The van der Waals surface area contributed by atoms with Gasteiger partial charge in [0, 0.05) is 29.6 Å². The first-order valence-corrected chi connectivity index (χ1v) is 9.44. The summed E-state index contributed by atoms with van der Waals surface area (Å²) in [6.45, 7) is 1.67. The smallest absolute Gasteiger partial charge is 0.273 e. The lowest BCUT2D eigenvalue weighted by atomic mass is 10.1. The van der Waals surface area contributed by atoms with Crippen LogP contribution in [0.4, 0.5) is 5.69 Å². The van der Waals surface area contributed by atoms with Gasteiger partial charge in [0.2, 0.25) is 0 Å². The first-order chi connectivity index (χ1) is 15.0. The minimum Gasteiger partial charge on any atom is -0.455 e. The maximum Gasteiger partial charge on any atom is 0.273 e. The zero-order valence-corrected chi connectivity index (χ0v) is 16.6. The lowest BCUT2D eigenvalue weighted by molar-refractivity contribution is -0.385. The van der Waals surface area contributed by atoms with Crippen molar-refractivity contribution in [2.45, 2.75) is 6.92 Å². The molecule has 0 atom stereocenters. The van der Waals surface area contributed by atoms with E-state index in [1.54, 1.807) is 43.3 Å². The highest BCUT2D eigenvalue weighted by atomic mass is 16.6. The molecule has 0 bridgehead atoms. The number of hydrogen-bond acceptors (Lipinski definition) is 5. The van der Waals surface area contributed by atoms with Crippen molar-refractivity contribution in [2.24, 2.45) is 5.10 Å². The molecule has 4 rings (SSSR count). The third-order valence-electron chi connectivity index (χ3n) is 4.78. The Morgan fingerprint density at radius 2 is 1.84 bits per heavy atom. The summed E-state index contributed by atoms with van der Waals surface area (Å²) in [7, 11) is 0. The highest BCUT2D eigenvalue weighted by Gasteiger charge is 2.16. The van der Waals surface area contributed by atoms with Crippen molar-refractivity contribution >= 4 is 17.8 Å². The molecule has 2 aromatic carbocycles. The van der Waals surface area contributed by atoms with Crippen molar-refractivity contribution in [3.63, 3.8) is 0 Å². The predicted molar refractivity (Wildman–Crippen MR) is 116 cm³/mol. The quantitative estimate of drug-likeness (QED) is 0.280. The number of furan rings is 1. The lowest BCUT2D eigenvalue weighted by Gasteiger charge is -2.08. The second kappa shape index (κ2) is 8.50. The molecule has 8 nitrogen and oxygen atoms in total. The average molecular weight is 414 g/mol. The SMILES string of the molecule is Cc1c(-c2ccc(/C=N/NC(=O)c3ccccc3-n3cccc3)o2)cccc1[N+](=O)[O-]. The van der Waals surface area contributed by atoms with Crippen LogP contribution in [0.1, 0.15) is 21.7 Å². The number of para-hydroxylation sites is 1. The standard InChI is InChI=1S/C23H18N4O4/c1-16-18(8-6-10-20(16)27(29)30)22-12-11-17(31-22)15-24-25-23(28)19-7-2-3-9-21(19)26-13-4-5-14-26/h2-15H,1H3,(H,25,28)/b24-15+. The zero-order chi connectivity index (χ0) is 21.8. The van der Waals surface area contributed by atoms with E-state index in [2.05, 4.69) is 10.5 Å². The lowest BCUT2D eigenvalue weighted by Crippen LogP contribution is -2.19. The molecule has 0 spiro atoms.